The number of carbonyl (C=O) groups is 1. The van der Waals surface area contributed by atoms with Crippen LogP contribution in [0.1, 0.15) is 27.7 Å². The zero-order valence-electron chi connectivity index (χ0n) is 13.7. The van der Waals surface area contributed by atoms with Crippen molar-refractivity contribution in [3.8, 4) is 0 Å². The molecule has 0 aliphatic carbocycles. The maximum Gasteiger partial charge on any atom is 0.320 e. The zero-order chi connectivity index (χ0) is 16.7. The summed E-state index contributed by atoms with van der Waals surface area (Å²) >= 11 is 0. The van der Waals surface area contributed by atoms with Gasteiger partial charge in [-0.25, -0.2) is 13.1 Å². The number of likely N-dealkylation sites (N-methyl/N-ethyl adjacent to an activating group) is 1. The lowest BCUT2D eigenvalue weighted by Crippen LogP contribution is -2.41. The maximum atomic E-state index is 11.4. The van der Waals surface area contributed by atoms with Gasteiger partial charge in [-0.15, -0.1) is 0 Å². The Hall–Kier alpha value is -0.700. The van der Waals surface area contributed by atoms with Crippen molar-refractivity contribution in [1.82, 2.24) is 10.0 Å². The van der Waals surface area contributed by atoms with Gasteiger partial charge >= 0.3 is 5.97 Å². The van der Waals surface area contributed by atoms with E-state index in [1.165, 1.54) is 0 Å². The minimum Gasteiger partial charge on any atom is -0.462 e. The van der Waals surface area contributed by atoms with E-state index in [9.17, 15) is 13.2 Å². The molecule has 21 heavy (non-hydrogen) atoms. The largest absolute Gasteiger partial charge is 0.462 e. The van der Waals surface area contributed by atoms with E-state index in [1.807, 2.05) is 27.7 Å². The van der Waals surface area contributed by atoms with Gasteiger partial charge in [-0.1, -0.05) is 20.8 Å². The predicted octanol–water partition coefficient (Wildman–Crippen LogP) is 0.118. The molecule has 0 unspecified atom stereocenters. The summed E-state index contributed by atoms with van der Waals surface area (Å²) < 4.78 is 35.6. The van der Waals surface area contributed by atoms with Gasteiger partial charge in [0.15, 0.2) is 0 Å². The Morgan fingerprint density at radius 2 is 1.86 bits per heavy atom. The second kappa shape index (κ2) is 8.67. The van der Waals surface area contributed by atoms with Gasteiger partial charge in [0.2, 0.25) is 10.0 Å². The van der Waals surface area contributed by atoms with Crippen molar-refractivity contribution < 1.29 is 22.7 Å². The summed E-state index contributed by atoms with van der Waals surface area (Å²) in [5, 5.41) is 2.69. The topological polar surface area (TPSA) is 93.7 Å². The van der Waals surface area contributed by atoms with Gasteiger partial charge in [0.1, 0.15) is 12.7 Å². The molecule has 0 heterocycles. The molecular formula is C13H28N2O5S. The molecule has 0 aliphatic heterocycles. The molecule has 0 radical (unpaired) electrons. The van der Waals surface area contributed by atoms with Crippen molar-refractivity contribution >= 4 is 16.0 Å². The summed E-state index contributed by atoms with van der Waals surface area (Å²) in [6.07, 6.45) is 0.422. The molecule has 0 aromatic carbocycles. The molecule has 0 spiro atoms. The Morgan fingerprint density at radius 3 is 2.29 bits per heavy atom. The molecule has 0 amide bonds. The normalized spacial score (nSPS) is 15.5. The predicted molar refractivity (Wildman–Crippen MR) is 81.5 cm³/mol. The number of esters is 1. The molecule has 126 valence electrons. The van der Waals surface area contributed by atoms with Gasteiger partial charge in [0.05, 0.1) is 18.9 Å². The molecular weight excluding hydrogens is 296 g/mol. The Kier molecular flexibility index (Phi) is 8.38. The molecule has 7 nitrogen and oxygen atoms in total. The van der Waals surface area contributed by atoms with Crippen LogP contribution >= 0.6 is 0 Å². The lowest BCUT2D eigenvalue weighted by atomic mass is 9.90. The average Bonchev–Trinajstić information content (AvgIpc) is 2.30. The highest BCUT2D eigenvalue weighted by Crippen LogP contribution is 2.22. The molecule has 8 heteroatoms. The maximum absolute atomic E-state index is 11.4. The van der Waals surface area contributed by atoms with Gasteiger partial charge in [-0.2, -0.15) is 0 Å². The van der Waals surface area contributed by atoms with Crippen LogP contribution < -0.4 is 10.0 Å². The van der Waals surface area contributed by atoms with Crippen molar-refractivity contribution in [2.45, 2.75) is 39.9 Å². The number of ether oxygens (including phenoxy) is 2. The van der Waals surface area contributed by atoms with E-state index in [2.05, 4.69) is 10.0 Å². The van der Waals surface area contributed by atoms with Gasteiger partial charge in [0, 0.05) is 6.54 Å². The van der Waals surface area contributed by atoms with Crippen molar-refractivity contribution in [1.29, 1.82) is 0 Å². The van der Waals surface area contributed by atoms with Crippen LogP contribution in [0.25, 0.3) is 0 Å². The Bertz CT molecular complexity index is 417. The number of rotatable bonds is 9. The third-order valence-corrected chi connectivity index (χ3v) is 3.63. The highest BCUT2D eigenvalue weighted by Gasteiger charge is 2.25. The van der Waals surface area contributed by atoms with E-state index in [1.54, 1.807) is 7.05 Å². The van der Waals surface area contributed by atoms with E-state index < -0.39 is 22.1 Å². The fourth-order valence-corrected chi connectivity index (χ4v) is 1.75. The van der Waals surface area contributed by atoms with E-state index in [4.69, 9.17) is 9.47 Å². The van der Waals surface area contributed by atoms with Gasteiger partial charge in [0.25, 0.3) is 0 Å². The summed E-state index contributed by atoms with van der Waals surface area (Å²) in [6, 6.07) is 0. The number of nitrogens with one attached hydrogen (secondary N) is 2. The Labute approximate surface area is 127 Å². The van der Waals surface area contributed by atoms with Crippen molar-refractivity contribution in [2.24, 2.45) is 5.41 Å². The molecule has 0 aromatic rings. The summed E-state index contributed by atoms with van der Waals surface area (Å²) in [6.45, 7) is 8.13. The minimum atomic E-state index is -3.32. The lowest BCUT2D eigenvalue weighted by Gasteiger charge is -2.31. The summed E-state index contributed by atoms with van der Waals surface area (Å²) in [4.78, 5) is 11.4. The summed E-state index contributed by atoms with van der Waals surface area (Å²) in [5.41, 5.74) is -0.0989. The van der Waals surface area contributed by atoms with Crippen LogP contribution in [0.15, 0.2) is 0 Å². The van der Waals surface area contributed by atoms with Crippen LogP contribution in [-0.2, 0) is 24.3 Å². The Morgan fingerprint density at radius 1 is 1.29 bits per heavy atom. The number of hydrogen-bond acceptors (Lipinski definition) is 6. The highest BCUT2D eigenvalue weighted by molar-refractivity contribution is 7.88. The number of carbonyl (C=O) groups excluding carboxylic acids is 1. The molecule has 0 aliphatic rings. The van der Waals surface area contributed by atoms with Crippen LogP contribution in [0.3, 0.4) is 0 Å². The average molecular weight is 324 g/mol. The molecule has 0 fully saturated rings. The number of sulfonamides is 1. The second-order valence-electron chi connectivity index (χ2n) is 6.10. The lowest BCUT2D eigenvalue weighted by molar-refractivity contribution is -0.149. The molecule has 0 bridgehead atoms. The smallest absolute Gasteiger partial charge is 0.320 e. The van der Waals surface area contributed by atoms with Crippen LogP contribution in [0.4, 0.5) is 0 Å². The standard InChI is InChI=1S/C13H28N2O5S/c1-10(13(2,3)4)20-11(7-15-21(6,17)18)9-19-12(16)8-14-5/h10-11,14-15H,7-9H2,1-6H3/t10-,11-/m0/s1. The molecule has 0 aromatic heterocycles. The summed E-state index contributed by atoms with van der Waals surface area (Å²) in [5.74, 6) is -0.408. The molecule has 0 saturated carbocycles. The molecule has 0 saturated heterocycles. The van der Waals surface area contributed by atoms with Crippen LogP contribution in [0.5, 0.6) is 0 Å². The van der Waals surface area contributed by atoms with Crippen LogP contribution in [0, 0.1) is 5.41 Å². The fraction of sp³-hybridized carbons (Fsp3) is 0.923. The van der Waals surface area contributed by atoms with E-state index in [0.717, 1.165) is 6.26 Å². The van der Waals surface area contributed by atoms with Crippen LogP contribution in [0.2, 0.25) is 0 Å². The van der Waals surface area contributed by atoms with Crippen molar-refractivity contribution in [3.63, 3.8) is 0 Å². The van der Waals surface area contributed by atoms with Gasteiger partial charge < -0.3 is 14.8 Å². The minimum absolute atomic E-state index is 0.00343. The molecule has 0 rings (SSSR count). The van der Waals surface area contributed by atoms with E-state index in [0.29, 0.717) is 0 Å². The third-order valence-electron chi connectivity index (χ3n) is 2.94. The first-order valence-electron chi connectivity index (χ1n) is 6.86. The monoisotopic (exact) mass is 324 g/mol. The van der Waals surface area contributed by atoms with Crippen molar-refractivity contribution in [3.05, 3.63) is 0 Å². The third kappa shape index (κ3) is 10.6. The van der Waals surface area contributed by atoms with Crippen molar-refractivity contribution in [2.75, 3.05) is 33.0 Å². The SMILES string of the molecule is CNCC(=O)OC[C@H](CNS(C)(=O)=O)O[C@@H](C)C(C)(C)C. The highest BCUT2D eigenvalue weighted by atomic mass is 32.2. The first kappa shape index (κ1) is 20.3. The van der Waals surface area contributed by atoms with Gasteiger partial charge in [-0.05, 0) is 19.4 Å². The second-order valence-corrected chi connectivity index (χ2v) is 7.93. The van der Waals surface area contributed by atoms with Gasteiger partial charge in [-0.3, -0.25) is 4.79 Å². The van der Waals surface area contributed by atoms with E-state index >= 15 is 0 Å². The molecule has 2 N–H and O–H groups in total. The van der Waals surface area contributed by atoms with E-state index in [-0.39, 0.29) is 31.2 Å². The Balaban J connectivity index is 4.57. The zero-order valence-corrected chi connectivity index (χ0v) is 14.5. The number of hydrogen-bond donors (Lipinski definition) is 2. The fourth-order valence-electron chi connectivity index (χ4n) is 1.26. The summed E-state index contributed by atoms with van der Waals surface area (Å²) in [7, 11) is -1.68. The quantitative estimate of drug-likeness (QED) is 0.585. The van der Waals surface area contributed by atoms with Crippen LogP contribution in [-0.4, -0.2) is 59.6 Å². The first-order valence-corrected chi connectivity index (χ1v) is 8.75. The first-order chi connectivity index (χ1) is 9.45. The molecule has 2 atom stereocenters.